The van der Waals surface area contributed by atoms with Crippen molar-refractivity contribution in [2.24, 2.45) is 5.73 Å². The van der Waals surface area contributed by atoms with Gasteiger partial charge in [0.1, 0.15) is 11.6 Å². The first-order valence-corrected chi connectivity index (χ1v) is 8.89. The van der Waals surface area contributed by atoms with Crippen LogP contribution in [-0.4, -0.2) is 25.1 Å². The van der Waals surface area contributed by atoms with E-state index < -0.39 is 5.82 Å². The van der Waals surface area contributed by atoms with Gasteiger partial charge >= 0.3 is 0 Å². The number of rotatable bonds is 4. The third-order valence-electron chi connectivity index (χ3n) is 5.08. The molecular formula is C19H26FN3O2. The molecule has 0 saturated heterocycles. The lowest BCUT2D eigenvalue weighted by molar-refractivity contribution is -0.117. The number of halogens is 1. The van der Waals surface area contributed by atoms with Gasteiger partial charge < -0.3 is 20.7 Å². The highest BCUT2D eigenvalue weighted by Gasteiger charge is 2.34. The van der Waals surface area contributed by atoms with Crippen LogP contribution in [0.4, 0.5) is 10.1 Å². The fourth-order valence-corrected chi connectivity index (χ4v) is 3.58. The maximum atomic E-state index is 15.0. The van der Waals surface area contributed by atoms with Gasteiger partial charge in [0.15, 0.2) is 0 Å². The van der Waals surface area contributed by atoms with Crippen LogP contribution >= 0.6 is 0 Å². The van der Waals surface area contributed by atoms with Crippen LogP contribution in [0, 0.1) is 5.82 Å². The Labute approximate surface area is 148 Å². The van der Waals surface area contributed by atoms with Gasteiger partial charge in [-0.05, 0) is 45.1 Å². The van der Waals surface area contributed by atoms with Crippen molar-refractivity contribution in [1.29, 1.82) is 0 Å². The Morgan fingerprint density at radius 3 is 2.72 bits per heavy atom. The summed E-state index contributed by atoms with van der Waals surface area (Å²) in [6, 6.07) is 1.36. The topological polar surface area (TPSA) is 67.6 Å². The van der Waals surface area contributed by atoms with Crippen LogP contribution in [-0.2, 0) is 11.2 Å². The van der Waals surface area contributed by atoms with Crippen molar-refractivity contribution >= 4 is 17.3 Å². The highest BCUT2D eigenvalue weighted by molar-refractivity contribution is 5.95. The van der Waals surface area contributed by atoms with Gasteiger partial charge in [0.25, 0.3) is 0 Å². The maximum Gasteiger partial charge on any atom is 0.224 e. The lowest BCUT2D eigenvalue weighted by Gasteiger charge is -2.37. The summed E-state index contributed by atoms with van der Waals surface area (Å²) in [5.41, 5.74) is 8.21. The number of anilines is 1. The van der Waals surface area contributed by atoms with E-state index in [-0.39, 0.29) is 18.1 Å². The highest BCUT2D eigenvalue weighted by atomic mass is 19.1. The summed E-state index contributed by atoms with van der Waals surface area (Å²) < 4.78 is 21.2. The molecule has 2 aliphatic rings. The lowest BCUT2D eigenvalue weighted by atomic mass is 9.91. The van der Waals surface area contributed by atoms with Gasteiger partial charge in [-0.15, -0.1) is 0 Å². The Morgan fingerprint density at radius 2 is 2.16 bits per heavy atom. The average Bonchev–Trinajstić information content (AvgIpc) is 2.51. The van der Waals surface area contributed by atoms with E-state index in [2.05, 4.69) is 5.32 Å². The summed E-state index contributed by atoms with van der Waals surface area (Å²) in [4.78, 5) is 13.7. The minimum atomic E-state index is -0.430. The van der Waals surface area contributed by atoms with Gasteiger partial charge in [0.2, 0.25) is 5.91 Å². The molecule has 1 fully saturated rings. The molecule has 3 rings (SSSR count). The van der Waals surface area contributed by atoms with Crippen molar-refractivity contribution in [1.82, 2.24) is 5.32 Å². The Morgan fingerprint density at radius 1 is 1.44 bits per heavy atom. The van der Waals surface area contributed by atoms with Crippen molar-refractivity contribution in [3.8, 4) is 5.75 Å². The molecule has 3 N–H and O–H groups in total. The van der Waals surface area contributed by atoms with Gasteiger partial charge in [0.05, 0.1) is 17.5 Å². The standard InChI is InChI=1S/C19H26FN3O2/c1-11-7-8-14-18(23(11)12(2)24)16(20)9-15(17(21)10-22-3)19(14)25-13-5-4-6-13/h9-11,13,22H,4-8,21H2,1-3H3/b17-10-. The molecule has 1 aromatic rings. The Hall–Kier alpha value is -2.24. The average molecular weight is 347 g/mol. The molecule has 0 aromatic heterocycles. The molecule has 1 aliphatic heterocycles. The molecule has 1 atom stereocenters. The quantitative estimate of drug-likeness (QED) is 0.879. The number of nitrogens with zero attached hydrogens (tertiary/aromatic N) is 1. The van der Waals surface area contributed by atoms with Crippen LogP contribution in [0.25, 0.3) is 5.70 Å². The van der Waals surface area contributed by atoms with E-state index in [1.54, 1.807) is 18.1 Å². The number of carbonyl (C=O) groups excluding carboxylic acids is 1. The van der Waals surface area contributed by atoms with E-state index in [1.807, 2.05) is 6.92 Å². The molecule has 0 radical (unpaired) electrons. The molecule has 1 saturated carbocycles. The largest absolute Gasteiger partial charge is 0.489 e. The summed E-state index contributed by atoms with van der Waals surface area (Å²) >= 11 is 0. The van der Waals surface area contributed by atoms with Crippen molar-refractivity contribution < 1.29 is 13.9 Å². The monoisotopic (exact) mass is 347 g/mol. The van der Waals surface area contributed by atoms with E-state index in [4.69, 9.17) is 10.5 Å². The third-order valence-corrected chi connectivity index (χ3v) is 5.08. The Kier molecular flexibility index (Phi) is 4.88. The second-order valence-electron chi connectivity index (χ2n) is 6.90. The summed E-state index contributed by atoms with van der Waals surface area (Å²) in [7, 11) is 1.74. The SMILES string of the molecule is CN/C=C(\N)c1cc(F)c2c(c1OC1CCC1)CCC(C)N2C(C)=O. The van der Waals surface area contributed by atoms with E-state index in [0.29, 0.717) is 29.1 Å². The van der Waals surface area contributed by atoms with Gasteiger partial charge in [-0.1, -0.05) is 0 Å². The first-order chi connectivity index (χ1) is 11.9. The number of benzene rings is 1. The van der Waals surface area contributed by atoms with Gasteiger partial charge in [-0.3, -0.25) is 4.79 Å². The number of nitrogens with two attached hydrogens (primary N) is 1. The minimum absolute atomic E-state index is 0.0351. The first-order valence-electron chi connectivity index (χ1n) is 8.89. The van der Waals surface area contributed by atoms with E-state index in [1.165, 1.54) is 13.0 Å². The normalized spacial score (nSPS) is 20.7. The van der Waals surface area contributed by atoms with Crippen molar-refractivity contribution in [2.75, 3.05) is 11.9 Å². The summed E-state index contributed by atoms with van der Waals surface area (Å²) in [6.45, 7) is 3.42. The molecule has 1 heterocycles. The van der Waals surface area contributed by atoms with Crippen LogP contribution in [0.3, 0.4) is 0 Å². The number of carbonyl (C=O) groups is 1. The number of hydrogen-bond donors (Lipinski definition) is 2. The van der Waals surface area contributed by atoms with E-state index >= 15 is 0 Å². The van der Waals surface area contributed by atoms with Crippen LogP contribution in [0.5, 0.6) is 5.75 Å². The van der Waals surface area contributed by atoms with E-state index in [9.17, 15) is 9.18 Å². The molecule has 5 nitrogen and oxygen atoms in total. The van der Waals surface area contributed by atoms with Crippen molar-refractivity contribution in [2.45, 2.75) is 58.1 Å². The molecule has 6 heteroatoms. The lowest BCUT2D eigenvalue weighted by Crippen LogP contribution is -2.42. The molecule has 1 aromatic carbocycles. The zero-order valence-electron chi connectivity index (χ0n) is 15.1. The van der Waals surface area contributed by atoms with Crippen LogP contribution in [0.15, 0.2) is 12.3 Å². The number of nitrogens with one attached hydrogen (secondary N) is 1. The third kappa shape index (κ3) is 3.17. The molecule has 0 bridgehead atoms. The van der Waals surface area contributed by atoms with Crippen LogP contribution in [0.1, 0.15) is 50.7 Å². The fraction of sp³-hybridized carbons (Fsp3) is 0.526. The fourth-order valence-electron chi connectivity index (χ4n) is 3.58. The summed E-state index contributed by atoms with van der Waals surface area (Å²) in [5, 5.41) is 2.88. The first kappa shape index (κ1) is 17.6. The van der Waals surface area contributed by atoms with Crippen LogP contribution < -0.4 is 20.7 Å². The molecule has 0 spiro atoms. The summed E-state index contributed by atoms with van der Waals surface area (Å²) in [6.07, 6.45) is 6.33. The predicted octanol–water partition coefficient (Wildman–Crippen LogP) is 2.92. The minimum Gasteiger partial charge on any atom is -0.489 e. The maximum absolute atomic E-state index is 15.0. The Balaban J connectivity index is 2.17. The second kappa shape index (κ2) is 6.94. The smallest absolute Gasteiger partial charge is 0.224 e. The van der Waals surface area contributed by atoms with Crippen molar-refractivity contribution in [3.05, 3.63) is 29.2 Å². The summed E-state index contributed by atoms with van der Waals surface area (Å²) in [5.74, 6) is 0.0387. The molecule has 1 unspecified atom stereocenters. The highest BCUT2D eigenvalue weighted by Crippen LogP contribution is 2.44. The van der Waals surface area contributed by atoms with Gasteiger partial charge in [-0.25, -0.2) is 4.39 Å². The zero-order valence-corrected chi connectivity index (χ0v) is 15.1. The van der Waals surface area contributed by atoms with Gasteiger partial charge in [0, 0.05) is 37.3 Å². The number of ether oxygens (including phenoxy) is 1. The molecule has 1 amide bonds. The molecule has 1 aliphatic carbocycles. The predicted molar refractivity (Wildman–Crippen MR) is 96.8 cm³/mol. The number of amides is 1. The van der Waals surface area contributed by atoms with Gasteiger partial charge in [-0.2, -0.15) is 0 Å². The van der Waals surface area contributed by atoms with Crippen molar-refractivity contribution in [3.63, 3.8) is 0 Å². The molecular weight excluding hydrogens is 321 g/mol. The van der Waals surface area contributed by atoms with Crippen LogP contribution in [0.2, 0.25) is 0 Å². The number of hydrogen-bond acceptors (Lipinski definition) is 4. The molecule has 136 valence electrons. The number of fused-ring (bicyclic) bond motifs is 1. The Bertz CT molecular complexity index is 713. The molecule has 25 heavy (non-hydrogen) atoms. The van der Waals surface area contributed by atoms with E-state index in [0.717, 1.165) is 31.2 Å². The second-order valence-corrected chi connectivity index (χ2v) is 6.90. The zero-order chi connectivity index (χ0) is 18.1.